The maximum Gasteiger partial charge on any atom is 0.417 e. The predicted molar refractivity (Wildman–Crippen MR) is 59.4 cm³/mol. The van der Waals surface area contributed by atoms with Gasteiger partial charge in [0.2, 0.25) is 0 Å². The summed E-state index contributed by atoms with van der Waals surface area (Å²) in [6, 6.07) is 7.47. The lowest BCUT2D eigenvalue weighted by atomic mass is 9.98. The second-order valence-corrected chi connectivity index (χ2v) is 3.78. The van der Waals surface area contributed by atoms with Crippen molar-refractivity contribution < 1.29 is 13.2 Å². The Labute approximate surface area is 96.9 Å². The molecule has 1 nitrogen and oxygen atoms in total. The number of pyridine rings is 1. The van der Waals surface area contributed by atoms with Gasteiger partial charge < -0.3 is 0 Å². The molecule has 1 aromatic heterocycles. The fraction of sp³-hybridized carbons (Fsp3) is 0.154. The first-order valence-electron chi connectivity index (χ1n) is 5.07. The molecule has 0 bridgehead atoms. The number of alkyl halides is 3. The van der Waals surface area contributed by atoms with Crippen molar-refractivity contribution in [2.24, 2.45) is 0 Å². The van der Waals surface area contributed by atoms with Gasteiger partial charge in [-0.15, -0.1) is 0 Å². The average molecular weight is 237 g/mol. The summed E-state index contributed by atoms with van der Waals surface area (Å²) in [5.41, 5.74) is 0.691. The molecule has 0 fully saturated rings. The number of benzene rings is 1. The van der Waals surface area contributed by atoms with E-state index < -0.39 is 11.7 Å². The topological polar surface area (TPSA) is 12.9 Å². The van der Waals surface area contributed by atoms with Gasteiger partial charge in [-0.05, 0) is 36.2 Å². The molecule has 2 rings (SSSR count). The standard InChI is InChI=1S/C13H10F3N/c1-9-2-3-11(10-4-6-17-7-5-10)12(8-9)13(14,15)16/h2-8H,1H3. The van der Waals surface area contributed by atoms with Gasteiger partial charge in [-0.2, -0.15) is 13.2 Å². The Bertz CT molecular complexity index is 518. The van der Waals surface area contributed by atoms with E-state index in [0.29, 0.717) is 11.1 Å². The Hall–Kier alpha value is -1.84. The van der Waals surface area contributed by atoms with Crippen LogP contribution in [0.5, 0.6) is 0 Å². The van der Waals surface area contributed by atoms with Crippen molar-refractivity contribution in [1.29, 1.82) is 0 Å². The van der Waals surface area contributed by atoms with Crippen molar-refractivity contribution in [2.45, 2.75) is 13.1 Å². The normalized spacial score (nSPS) is 11.5. The number of nitrogens with zero attached hydrogens (tertiary/aromatic N) is 1. The van der Waals surface area contributed by atoms with Crippen LogP contribution in [0.3, 0.4) is 0 Å². The van der Waals surface area contributed by atoms with E-state index in [9.17, 15) is 13.2 Å². The van der Waals surface area contributed by atoms with E-state index in [-0.39, 0.29) is 5.56 Å². The van der Waals surface area contributed by atoms with Crippen molar-refractivity contribution in [2.75, 3.05) is 0 Å². The second-order valence-electron chi connectivity index (χ2n) is 3.78. The SMILES string of the molecule is Cc1ccc(-c2ccncc2)c(C(F)(F)F)c1. The molecule has 1 heterocycles. The summed E-state index contributed by atoms with van der Waals surface area (Å²) < 4.78 is 38.7. The fourth-order valence-corrected chi connectivity index (χ4v) is 1.68. The van der Waals surface area contributed by atoms with Crippen LogP contribution in [0, 0.1) is 6.92 Å². The van der Waals surface area contributed by atoms with E-state index in [2.05, 4.69) is 4.98 Å². The highest BCUT2D eigenvalue weighted by molar-refractivity contribution is 5.68. The molecule has 0 unspecified atom stereocenters. The molecule has 0 atom stereocenters. The summed E-state index contributed by atoms with van der Waals surface area (Å²) in [7, 11) is 0. The molecular weight excluding hydrogens is 227 g/mol. The van der Waals surface area contributed by atoms with Crippen LogP contribution in [0.2, 0.25) is 0 Å². The highest BCUT2D eigenvalue weighted by atomic mass is 19.4. The molecule has 0 aliphatic rings. The van der Waals surface area contributed by atoms with Crippen LogP contribution >= 0.6 is 0 Å². The Morgan fingerprint density at radius 3 is 2.24 bits per heavy atom. The summed E-state index contributed by atoms with van der Waals surface area (Å²) in [5, 5.41) is 0. The van der Waals surface area contributed by atoms with Crippen molar-refractivity contribution >= 4 is 0 Å². The summed E-state index contributed by atoms with van der Waals surface area (Å²) in [6.45, 7) is 1.64. The van der Waals surface area contributed by atoms with E-state index in [1.807, 2.05) is 0 Å². The molecule has 1 aromatic carbocycles. The summed E-state index contributed by atoms with van der Waals surface area (Å²) in [4.78, 5) is 3.80. The molecule has 88 valence electrons. The van der Waals surface area contributed by atoms with Gasteiger partial charge in [-0.3, -0.25) is 4.98 Å². The highest BCUT2D eigenvalue weighted by Crippen LogP contribution is 2.37. The average Bonchev–Trinajstić information content (AvgIpc) is 2.29. The van der Waals surface area contributed by atoms with Crippen molar-refractivity contribution in [3.63, 3.8) is 0 Å². The number of aryl methyl sites for hydroxylation is 1. The maximum absolute atomic E-state index is 12.9. The van der Waals surface area contributed by atoms with E-state index in [4.69, 9.17) is 0 Å². The quantitative estimate of drug-likeness (QED) is 0.728. The Balaban J connectivity index is 2.63. The van der Waals surface area contributed by atoms with Crippen molar-refractivity contribution in [1.82, 2.24) is 4.98 Å². The van der Waals surface area contributed by atoms with Gasteiger partial charge >= 0.3 is 6.18 Å². The summed E-state index contributed by atoms with van der Waals surface area (Å²) in [6.07, 6.45) is -1.38. The fourth-order valence-electron chi connectivity index (χ4n) is 1.68. The van der Waals surface area contributed by atoms with Crippen LogP contribution in [-0.2, 0) is 6.18 Å². The highest BCUT2D eigenvalue weighted by Gasteiger charge is 2.33. The summed E-state index contributed by atoms with van der Waals surface area (Å²) in [5.74, 6) is 0. The lowest BCUT2D eigenvalue weighted by Crippen LogP contribution is -2.07. The third kappa shape index (κ3) is 2.46. The van der Waals surface area contributed by atoms with Gasteiger partial charge in [0.25, 0.3) is 0 Å². The molecule has 0 saturated heterocycles. The molecular formula is C13H10F3N. The monoisotopic (exact) mass is 237 g/mol. The van der Waals surface area contributed by atoms with E-state index >= 15 is 0 Å². The molecule has 17 heavy (non-hydrogen) atoms. The van der Waals surface area contributed by atoms with Gasteiger partial charge in [-0.1, -0.05) is 17.7 Å². The largest absolute Gasteiger partial charge is 0.417 e. The zero-order valence-corrected chi connectivity index (χ0v) is 9.12. The first-order chi connectivity index (χ1) is 7.98. The predicted octanol–water partition coefficient (Wildman–Crippen LogP) is 4.08. The Kier molecular flexibility index (Phi) is 2.88. The smallest absolute Gasteiger partial charge is 0.265 e. The third-order valence-corrected chi connectivity index (χ3v) is 2.47. The van der Waals surface area contributed by atoms with Crippen LogP contribution < -0.4 is 0 Å². The van der Waals surface area contributed by atoms with Gasteiger partial charge in [0.05, 0.1) is 5.56 Å². The lowest BCUT2D eigenvalue weighted by Gasteiger charge is -2.13. The molecule has 0 aliphatic heterocycles. The molecule has 4 heteroatoms. The number of rotatable bonds is 1. The number of hydrogen-bond donors (Lipinski definition) is 0. The maximum atomic E-state index is 12.9. The number of aromatic nitrogens is 1. The first-order valence-corrected chi connectivity index (χ1v) is 5.07. The minimum Gasteiger partial charge on any atom is -0.265 e. The van der Waals surface area contributed by atoms with E-state index in [1.54, 1.807) is 25.1 Å². The molecule has 0 spiro atoms. The van der Waals surface area contributed by atoms with Crippen LogP contribution in [-0.4, -0.2) is 4.98 Å². The first kappa shape index (κ1) is 11.6. The van der Waals surface area contributed by atoms with Crippen molar-refractivity contribution in [3.05, 3.63) is 53.9 Å². The van der Waals surface area contributed by atoms with Gasteiger partial charge in [0, 0.05) is 12.4 Å². The minimum atomic E-state index is -4.34. The zero-order valence-electron chi connectivity index (χ0n) is 9.12. The zero-order chi connectivity index (χ0) is 12.5. The number of hydrogen-bond acceptors (Lipinski definition) is 1. The van der Waals surface area contributed by atoms with Crippen molar-refractivity contribution in [3.8, 4) is 11.1 Å². The molecule has 0 amide bonds. The lowest BCUT2D eigenvalue weighted by molar-refractivity contribution is -0.137. The molecule has 0 saturated carbocycles. The van der Waals surface area contributed by atoms with Crippen LogP contribution in [0.4, 0.5) is 13.2 Å². The third-order valence-electron chi connectivity index (χ3n) is 2.47. The van der Waals surface area contributed by atoms with E-state index in [1.165, 1.54) is 18.5 Å². The number of halogens is 3. The Morgan fingerprint density at radius 2 is 1.65 bits per heavy atom. The summed E-state index contributed by atoms with van der Waals surface area (Å²) >= 11 is 0. The Morgan fingerprint density at radius 1 is 1.00 bits per heavy atom. The van der Waals surface area contributed by atoms with Crippen LogP contribution in [0.15, 0.2) is 42.7 Å². The molecule has 2 aromatic rings. The van der Waals surface area contributed by atoms with Gasteiger partial charge in [0.15, 0.2) is 0 Å². The second kappa shape index (κ2) is 4.20. The van der Waals surface area contributed by atoms with E-state index in [0.717, 1.165) is 6.07 Å². The van der Waals surface area contributed by atoms with Gasteiger partial charge in [-0.25, -0.2) is 0 Å². The molecule has 0 radical (unpaired) electrons. The molecule has 0 N–H and O–H groups in total. The molecule has 0 aliphatic carbocycles. The van der Waals surface area contributed by atoms with Gasteiger partial charge in [0.1, 0.15) is 0 Å². The van der Waals surface area contributed by atoms with Crippen LogP contribution in [0.1, 0.15) is 11.1 Å². The minimum absolute atomic E-state index is 0.186. The van der Waals surface area contributed by atoms with Crippen LogP contribution in [0.25, 0.3) is 11.1 Å².